The molecule has 2 aromatic carbocycles. The molecular weight excluding hydrogens is 508 g/mol. The van der Waals surface area contributed by atoms with E-state index in [2.05, 4.69) is 0 Å². The monoisotopic (exact) mass is 536 g/mol. The fourth-order valence-corrected chi connectivity index (χ4v) is 3.64. The number of fused-ring (bicyclic) bond motifs is 2. The van der Waals surface area contributed by atoms with Gasteiger partial charge in [-0.15, -0.1) is 0 Å². The zero-order valence-electron chi connectivity index (χ0n) is 20.7. The predicted octanol–water partition coefficient (Wildman–Crippen LogP) is 3.39. The second-order valence-corrected chi connectivity index (χ2v) is 8.28. The van der Waals surface area contributed by atoms with E-state index in [1.165, 1.54) is 36.4 Å². The molecule has 3 rings (SSSR count). The van der Waals surface area contributed by atoms with Gasteiger partial charge in [0.25, 0.3) is 11.4 Å². The van der Waals surface area contributed by atoms with Crippen LogP contribution < -0.4 is 18.9 Å². The lowest BCUT2D eigenvalue weighted by Crippen LogP contribution is -2.46. The maximum Gasteiger partial charge on any atom is 0.329 e. The Bertz CT molecular complexity index is 1140. The van der Waals surface area contributed by atoms with Crippen LogP contribution in [0.4, 0.5) is 11.4 Å². The van der Waals surface area contributed by atoms with Crippen molar-refractivity contribution in [2.45, 2.75) is 25.4 Å². The number of rotatable bonds is 7. The van der Waals surface area contributed by atoms with Crippen molar-refractivity contribution in [1.82, 2.24) is 0 Å². The summed E-state index contributed by atoms with van der Waals surface area (Å²) in [7, 11) is 0. The Morgan fingerprint density at radius 2 is 1.37 bits per heavy atom. The summed E-state index contributed by atoms with van der Waals surface area (Å²) < 4.78 is 34.5. The van der Waals surface area contributed by atoms with Crippen LogP contribution in [0.5, 0.6) is 23.0 Å². The molecule has 38 heavy (non-hydrogen) atoms. The van der Waals surface area contributed by atoms with E-state index < -0.39 is 28.0 Å². The van der Waals surface area contributed by atoms with E-state index in [-0.39, 0.29) is 74.0 Å². The first kappa shape index (κ1) is 28.4. The molecular formula is C24H28N2O12. The van der Waals surface area contributed by atoms with Crippen LogP contribution in [0.25, 0.3) is 0 Å². The number of carboxylic acid groups (broad SMARTS) is 1. The Morgan fingerprint density at radius 3 is 1.89 bits per heavy atom. The highest BCUT2D eigenvalue weighted by Crippen LogP contribution is 2.35. The average Bonchev–Trinajstić information content (AvgIpc) is 2.88. The Labute approximate surface area is 217 Å². The lowest BCUT2D eigenvalue weighted by Gasteiger charge is -2.33. The molecule has 0 saturated carbocycles. The number of carboxylic acids is 1. The van der Waals surface area contributed by atoms with Crippen LogP contribution in [-0.2, 0) is 14.3 Å². The maximum atomic E-state index is 11.3. The third kappa shape index (κ3) is 7.91. The Hall–Kier alpha value is -4.17. The molecule has 0 fully saturated rings. The third-order valence-corrected chi connectivity index (χ3v) is 5.44. The van der Waals surface area contributed by atoms with Gasteiger partial charge in [-0.3, -0.25) is 20.2 Å². The molecule has 14 heteroatoms. The molecule has 14 nitrogen and oxygen atoms in total. The van der Waals surface area contributed by atoms with Crippen molar-refractivity contribution in [3.05, 3.63) is 56.6 Å². The quantitative estimate of drug-likeness (QED) is 0.403. The number of nitro groups is 2. The molecule has 0 aliphatic carbocycles. The Balaban J connectivity index is 1.98. The summed E-state index contributed by atoms with van der Waals surface area (Å²) in [4.78, 5) is 32.8. The minimum absolute atomic E-state index is 0.0546. The lowest BCUT2D eigenvalue weighted by atomic mass is 9.99. The first-order valence-corrected chi connectivity index (χ1v) is 11.7. The smallest absolute Gasteiger partial charge is 0.329 e. The van der Waals surface area contributed by atoms with Crippen molar-refractivity contribution in [2.24, 2.45) is 0 Å². The zero-order valence-corrected chi connectivity index (χ0v) is 20.7. The SMILES string of the molecule is CCCC1(OCC(=O)O)COc2ccc([N+](=O)[O-])cc2OCCOCCOc2ccc([N+](=O)[O-])cc2OC1. The number of hydrogen-bond donors (Lipinski definition) is 1. The molecule has 0 spiro atoms. The van der Waals surface area contributed by atoms with E-state index in [0.717, 1.165) is 0 Å². The van der Waals surface area contributed by atoms with Gasteiger partial charge in [0.1, 0.15) is 38.6 Å². The van der Waals surface area contributed by atoms with Gasteiger partial charge in [0.05, 0.1) is 35.2 Å². The Kier molecular flexibility index (Phi) is 10.0. The van der Waals surface area contributed by atoms with Gasteiger partial charge in [0.15, 0.2) is 23.0 Å². The highest BCUT2D eigenvalue weighted by molar-refractivity contribution is 5.68. The zero-order chi connectivity index (χ0) is 27.5. The molecule has 2 aromatic rings. The third-order valence-electron chi connectivity index (χ3n) is 5.44. The number of non-ortho nitro benzene ring substituents is 2. The molecule has 0 radical (unpaired) electrons. The number of nitro benzene ring substituents is 2. The topological polar surface area (TPSA) is 179 Å². The second-order valence-electron chi connectivity index (χ2n) is 8.28. The fourth-order valence-electron chi connectivity index (χ4n) is 3.64. The molecule has 206 valence electrons. The number of nitrogens with zero attached hydrogens (tertiary/aromatic N) is 2. The van der Waals surface area contributed by atoms with Gasteiger partial charge in [-0.1, -0.05) is 13.3 Å². The molecule has 1 heterocycles. The number of aliphatic carboxylic acids is 1. The lowest BCUT2D eigenvalue weighted by molar-refractivity contribution is -0.385. The average molecular weight is 536 g/mol. The molecule has 1 unspecified atom stereocenters. The number of carbonyl (C=O) groups is 1. The van der Waals surface area contributed by atoms with E-state index in [1.54, 1.807) is 0 Å². The summed E-state index contributed by atoms with van der Waals surface area (Å²) in [6.07, 6.45) is 0.841. The van der Waals surface area contributed by atoms with Crippen molar-refractivity contribution in [2.75, 3.05) is 46.2 Å². The molecule has 0 saturated heterocycles. The van der Waals surface area contributed by atoms with Crippen molar-refractivity contribution in [1.29, 1.82) is 0 Å². The van der Waals surface area contributed by atoms with Crippen LogP contribution >= 0.6 is 0 Å². The van der Waals surface area contributed by atoms with Crippen LogP contribution in [0.15, 0.2) is 36.4 Å². The van der Waals surface area contributed by atoms with Crippen LogP contribution in [0.1, 0.15) is 19.8 Å². The van der Waals surface area contributed by atoms with Gasteiger partial charge >= 0.3 is 5.97 Å². The first-order chi connectivity index (χ1) is 18.2. The maximum absolute atomic E-state index is 11.3. The van der Waals surface area contributed by atoms with E-state index in [9.17, 15) is 30.1 Å². The van der Waals surface area contributed by atoms with Crippen LogP contribution in [0.2, 0.25) is 0 Å². The minimum Gasteiger partial charge on any atom is -0.487 e. The number of hydrogen-bond acceptors (Lipinski definition) is 11. The van der Waals surface area contributed by atoms with Gasteiger partial charge in [-0.05, 0) is 18.6 Å². The van der Waals surface area contributed by atoms with Gasteiger partial charge in [0.2, 0.25) is 0 Å². The van der Waals surface area contributed by atoms with E-state index in [4.69, 9.17) is 28.4 Å². The fraction of sp³-hybridized carbons (Fsp3) is 0.458. The van der Waals surface area contributed by atoms with Crippen molar-refractivity contribution in [3.8, 4) is 23.0 Å². The van der Waals surface area contributed by atoms with Crippen molar-refractivity contribution < 1.29 is 48.2 Å². The molecule has 1 aliphatic rings. The largest absolute Gasteiger partial charge is 0.487 e. The minimum atomic E-state index is -1.31. The van der Waals surface area contributed by atoms with Gasteiger partial charge < -0.3 is 33.5 Å². The van der Waals surface area contributed by atoms with Gasteiger partial charge in [0, 0.05) is 12.1 Å². The highest BCUT2D eigenvalue weighted by atomic mass is 16.6. The summed E-state index contributed by atoms with van der Waals surface area (Å²) in [6.45, 7) is 1.17. The molecule has 0 aromatic heterocycles. The summed E-state index contributed by atoms with van der Waals surface area (Å²) in [5.41, 5.74) is -1.75. The van der Waals surface area contributed by atoms with E-state index in [1.807, 2.05) is 6.92 Å². The van der Waals surface area contributed by atoms with Crippen LogP contribution in [0, 0.1) is 20.2 Å². The Morgan fingerprint density at radius 1 is 0.868 bits per heavy atom. The normalized spacial score (nSPS) is 18.3. The summed E-state index contributed by atoms with van der Waals surface area (Å²) >= 11 is 0. The van der Waals surface area contributed by atoms with Gasteiger partial charge in [-0.2, -0.15) is 0 Å². The summed E-state index contributed by atoms with van der Waals surface area (Å²) in [5.74, 6) is -0.667. The number of ether oxygens (including phenoxy) is 6. The summed E-state index contributed by atoms with van der Waals surface area (Å²) in [6, 6.07) is 7.72. The molecule has 1 N–H and O–H groups in total. The first-order valence-electron chi connectivity index (χ1n) is 11.7. The second kappa shape index (κ2) is 13.4. The van der Waals surface area contributed by atoms with Crippen LogP contribution in [-0.4, -0.2) is 72.8 Å². The van der Waals surface area contributed by atoms with Crippen LogP contribution in [0.3, 0.4) is 0 Å². The standard InChI is InChI=1S/C24H28N2O12/c1-2-7-24(38-14-23(27)28)15-36-20-6-4-17(25(29)30)12-21(20)35-11-9-33-8-10-34-19-5-3-18(26(31)32)13-22(19)37-16-24/h3-6,12-13H,2,7-11,14-16H2,1H3,(H,27,28). The summed E-state index contributed by atoms with van der Waals surface area (Å²) in [5, 5.41) is 31.9. The van der Waals surface area contributed by atoms with E-state index >= 15 is 0 Å². The van der Waals surface area contributed by atoms with Gasteiger partial charge in [-0.25, -0.2) is 4.79 Å². The number of benzene rings is 2. The molecule has 0 amide bonds. The molecule has 0 bridgehead atoms. The predicted molar refractivity (Wildman–Crippen MR) is 130 cm³/mol. The van der Waals surface area contributed by atoms with Crippen molar-refractivity contribution >= 4 is 17.3 Å². The highest BCUT2D eigenvalue weighted by Gasteiger charge is 2.35. The molecule has 1 atom stereocenters. The molecule has 1 aliphatic heterocycles. The van der Waals surface area contributed by atoms with E-state index in [0.29, 0.717) is 12.8 Å². The van der Waals surface area contributed by atoms with Crippen molar-refractivity contribution in [3.63, 3.8) is 0 Å².